The number of anilines is 1. The third-order valence-electron chi connectivity index (χ3n) is 6.47. The van der Waals surface area contributed by atoms with Crippen molar-refractivity contribution < 1.29 is 18.3 Å². The molecule has 3 rings (SSSR count). The minimum absolute atomic E-state index is 0.0530. The van der Waals surface area contributed by atoms with Crippen LogP contribution in [-0.4, -0.2) is 49.5 Å². The Balaban J connectivity index is 1.65. The van der Waals surface area contributed by atoms with E-state index in [1.807, 2.05) is 56.3 Å². The summed E-state index contributed by atoms with van der Waals surface area (Å²) in [5.41, 5.74) is 12.1. The Morgan fingerprint density at radius 3 is 2.32 bits per heavy atom. The number of fused-ring (bicyclic) bond motifs is 1. The molecule has 3 aromatic rings. The van der Waals surface area contributed by atoms with Crippen LogP contribution in [0.15, 0.2) is 71.6 Å². The second kappa shape index (κ2) is 12.0. The minimum atomic E-state index is -3.84. The van der Waals surface area contributed by atoms with Crippen LogP contribution >= 0.6 is 0 Å². The van der Waals surface area contributed by atoms with E-state index >= 15 is 0 Å². The lowest BCUT2D eigenvalue weighted by atomic mass is 9.90. The maximum atomic E-state index is 13.4. The number of amides is 1. The van der Waals surface area contributed by atoms with E-state index in [1.165, 1.54) is 16.4 Å². The summed E-state index contributed by atoms with van der Waals surface area (Å²) in [5, 5.41) is 15.1. The number of aliphatic hydroxyl groups is 1. The van der Waals surface area contributed by atoms with E-state index < -0.39 is 21.6 Å². The average Bonchev–Trinajstić information content (AvgIpc) is 2.87. The first-order valence-electron chi connectivity index (χ1n) is 12.5. The normalized spacial score (nSPS) is 14.6. The molecule has 0 spiro atoms. The van der Waals surface area contributed by atoms with Crippen LogP contribution in [0.2, 0.25) is 0 Å². The van der Waals surface area contributed by atoms with Gasteiger partial charge in [0.05, 0.1) is 11.5 Å². The zero-order valence-corrected chi connectivity index (χ0v) is 22.5. The number of nitrogens with two attached hydrogens (primary N) is 2. The Hall–Kier alpha value is -2.98. The van der Waals surface area contributed by atoms with Crippen LogP contribution in [-0.2, 0) is 20.4 Å². The fraction of sp³-hybridized carbons (Fsp3) is 0.393. The monoisotopic (exact) mass is 526 g/mol. The summed E-state index contributed by atoms with van der Waals surface area (Å²) in [7, 11) is -3.84. The Kier molecular flexibility index (Phi) is 9.31. The first kappa shape index (κ1) is 28.6. The number of carbonyl (C=O) groups is 1. The molecular formula is C28H38N4O4S. The van der Waals surface area contributed by atoms with Gasteiger partial charge in [0.15, 0.2) is 0 Å². The van der Waals surface area contributed by atoms with Crippen LogP contribution in [0.4, 0.5) is 5.69 Å². The summed E-state index contributed by atoms with van der Waals surface area (Å²) in [6, 6.07) is 19.0. The van der Waals surface area contributed by atoms with Gasteiger partial charge in [-0.1, -0.05) is 50.2 Å². The van der Waals surface area contributed by atoms with Gasteiger partial charge in [-0.3, -0.25) is 4.79 Å². The second-order valence-corrected chi connectivity index (χ2v) is 11.9. The van der Waals surface area contributed by atoms with Crippen molar-refractivity contribution in [1.82, 2.24) is 9.62 Å². The van der Waals surface area contributed by atoms with Crippen LogP contribution in [0.1, 0.15) is 39.2 Å². The number of rotatable bonds is 12. The molecule has 0 aliphatic rings. The second-order valence-electron chi connectivity index (χ2n) is 10.0. The van der Waals surface area contributed by atoms with Crippen molar-refractivity contribution in [2.45, 2.75) is 50.1 Å². The quantitative estimate of drug-likeness (QED) is 0.211. The van der Waals surface area contributed by atoms with E-state index in [-0.39, 0.29) is 29.9 Å². The molecule has 8 nitrogen and oxygen atoms in total. The van der Waals surface area contributed by atoms with Gasteiger partial charge in [-0.15, -0.1) is 0 Å². The van der Waals surface area contributed by atoms with Gasteiger partial charge in [-0.2, -0.15) is 4.31 Å². The standard InChI is InChI=1S/C28H38N4O4S/c1-20(2)18-32(37(35,36)26-14-12-24(29)13-15-26)25(19-33)9-6-16-31-27(34)28(3,30)23-11-10-21-7-4-5-8-22(21)17-23/h4-5,7-8,10-15,17,20,25,33H,6,9,16,18-19,29-30H2,1-3H3,(H,31,34)/t25?,28-/m0/s1. The molecule has 2 atom stereocenters. The Labute approximate surface area is 219 Å². The number of nitrogens with one attached hydrogen (secondary N) is 1. The first-order valence-corrected chi connectivity index (χ1v) is 14.0. The van der Waals surface area contributed by atoms with Crippen LogP contribution in [0.5, 0.6) is 0 Å². The van der Waals surface area contributed by atoms with E-state index in [0.717, 1.165) is 10.8 Å². The summed E-state index contributed by atoms with van der Waals surface area (Å²) < 4.78 is 28.1. The van der Waals surface area contributed by atoms with E-state index in [0.29, 0.717) is 30.6 Å². The SMILES string of the molecule is CC(C)CN(C(CO)CCCNC(=O)[C@@](C)(N)c1ccc2ccccc2c1)S(=O)(=O)c1ccc(N)cc1. The predicted octanol–water partition coefficient (Wildman–Crippen LogP) is 3.20. The van der Waals surface area contributed by atoms with Crippen molar-refractivity contribution in [3.05, 3.63) is 72.3 Å². The van der Waals surface area contributed by atoms with E-state index in [2.05, 4.69) is 5.32 Å². The Morgan fingerprint density at radius 2 is 1.70 bits per heavy atom. The molecule has 0 radical (unpaired) electrons. The van der Waals surface area contributed by atoms with Crippen molar-refractivity contribution in [2.75, 3.05) is 25.4 Å². The number of benzene rings is 3. The molecule has 1 amide bonds. The lowest BCUT2D eigenvalue weighted by Crippen LogP contribution is -2.49. The van der Waals surface area contributed by atoms with Crippen molar-refractivity contribution in [3.8, 4) is 0 Å². The van der Waals surface area contributed by atoms with Gasteiger partial charge in [0.25, 0.3) is 0 Å². The minimum Gasteiger partial charge on any atom is -0.399 e. The van der Waals surface area contributed by atoms with Crippen LogP contribution < -0.4 is 16.8 Å². The molecule has 9 heteroatoms. The molecule has 0 heterocycles. The Bertz CT molecular complexity index is 1310. The van der Waals surface area contributed by atoms with E-state index in [4.69, 9.17) is 11.5 Å². The summed E-state index contributed by atoms with van der Waals surface area (Å²) in [6.45, 7) is 5.75. The van der Waals surface area contributed by atoms with Crippen molar-refractivity contribution >= 4 is 32.4 Å². The molecule has 0 aliphatic heterocycles. The lowest BCUT2D eigenvalue weighted by molar-refractivity contribution is -0.126. The number of nitrogen functional groups attached to an aromatic ring is 1. The highest BCUT2D eigenvalue weighted by Gasteiger charge is 2.33. The molecule has 0 saturated carbocycles. The number of carbonyl (C=O) groups excluding carboxylic acids is 1. The van der Waals surface area contributed by atoms with E-state index in [1.54, 1.807) is 19.1 Å². The van der Waals surface area contributed by atoms with Gasteiger partial charge >= 0.3 is 0 Å². The van der Waals surface area contributed by atoms with Crippen molar-refractivity contribution in [1.29, 1.82) is 0 Å². The maximum Gasteiger partial charge on any atom is 0.244 e. The molecule has 200 valence electrons. The highest BCUT2D eigenvalue weighted by molar-refractivity contribution is 7.89. The topological polar surface area (TPSA) is 139 Å². The highest BCUT2D eigenvalue weighted by atomic mass is 32.2. The average molecular weight is 527 g/mol. The third-order valence-corrected chi connectivity index (χ3v) is 8.40. The smallest absolute Gasteiger partial charge is 0.244 e. The van der Waals surface area contributed by atoms with Crippen LogP contribution in [0.3, 0.4) is 0 Å². The summed E-state index contributed by atoms with van der Waals surface area (Å²) in [6.07, 6.45) is 0.839. The number of sulfonamides is 1. The van der Waals surface area contributed by atoms with Crippen molar-refractivity contribution in [2.24, 2.45) is 11.7 Å². The number of hydrogen-bond donors (Lipinski definition) is 4. The van der Waals surface area contributed by atoms with Crippen LogP contribution in [0.25, 0.3) is 10.8 Å². The summed E-state index contributed by atoms with van der Waals surface area (Å²) in [5.74, 6) is -0.269. The maximum absolute atomic E-state index is 13.4. The summed E-state index contributed by atoms with van der Waals surface area (Å²) in [4.78, 5) is 13.1. The molecule has 6 N–H and O–H groups in total. The van der Waals surface area contributed by atoms with Gasteiger partial charge in [-0.25, -0.2) is 8.42 Å². The van der Waals surface area contributed by atoms with E-state index in [9.17, 15) is 18.3 Å². The zero-order chi connectivity index (χ0) is 27.2. The summed E-state index contributed by atoms with van der Waals surface area (Å²) >= 11 is 0. The largest absolute Gasteiger partial charge is 0.399 e. The number of hydrogen-bond acceptors (Lipinski definition) is 6. The predicted molar refractivity (Wildman–Crippen MR) is 148 cm³/mol. The van der Waals surface area contributed by atoms with Gasteiger partial charge < -0.3 is 21.9 Å². The van der Waals surface area contributed by atoms with Gasteiger partial charge in [0.1, 0.15) is 5.54 Å². The molecule has 0 aliphatic carbocycles. The number of aliphatic hydroxyl groups excluding tert-OH is 1. The first-order chi connectivity index (χ1) is 17.5. The number of nitrogens with zero attached hydrogens (tertiary/aromatic N) is 1. The van der Waals surface area contributed by atoms with Gasteiger partial charge in [0, 0.05) is 24.8 Å². The highest BCUT2D eigenvalue weighted by Crippen LogP contribution is 2.25. The Morgan fingerprint density at radius 1 is 1.05 bits per heavy atom. The zero-order valence-electron chi connectivity index (χ0n) is 21.7. The molecule has 0 bridgehead atoms. The molecule has 0 fully saturated rings. The molecule has 3 aromatic carbocycles. The van der Waals surface area contributed by atoms with Gasteiger partial charge in [-0.05, 0) is 72.4 Å². The van der Waals surface area contributed by atoms with Crippen molar-refractivity contribution in [3.63, 3.8) is 0 Å². The molecule has 0 saturated heterocycles. The fourth-order valence-corrected chi connectivity index (χ4v) is 6.08. The van der Waals surface area contributed by atoms with Crippen LogP contribution in [0, 0.1) is 5.92 Å². The molecule has 0 aromatic heterocycles. The fourth-order valence-electron chi connectivity index (χ4n) is 4.27. The lowest BCUT2D eigenvalue weighted by Gasteiger charge is -2.31. The molecular weight excluding hydrogens is 488 g/mol. The molecule has 1 unspecified atom stereocenters. The third kappa shape index (κ3) is 6.87. The molecule has 37 heavy (non-hydrogen) atoms. The van der Waals surface area contributed by atoms with Gasteiger partial charge in [0.2, 0.25) is 15.9 Å².